The fourth-order valence-corrected chi connectivity index (χ4v) is 3.86. The van der Waals surface area contributed by atoms with E-state index >= 15 is 0 Å². The average Bonchev–Trinajstić information content (AvgIpc) is 3.74. The van der Waals surface area contributed by atoms with E-state index in [2.05, 4.69) is 37.6 Å². The summed E-state index contributed by atoms with van der Waals surface area (Å²) >= 11 is 0. The third-order valence-electron chi connectivity index (χ3n) is 6.26. The van der Waals surface area contributed by atoms with E-state index < -0.39 is 19.0 Å². The molecule has 1 aromatic rings. The number of pyridine rings is 1. The Morgan fingerprint density at radius 2 is 2.05 bits per heavy atom. The maximum absolute atomic E-state index is 12.2. The van der Waals surface area contributed by atoms with Gasteiger partial charge in [-0.1, -0.05) is 25.1 Å². The third-order valence-corrected chi connectivity index (χ3v) is 6.26. The lowest BCUT2D eigenvalue weighted by Crippen LogP contribution is -2.36. The predicted octanol–water partition coefficient (Wildman–Crippen LogP) is 4.76. The number of nitrogens with zero attached hydrogens (tertiary/aromatic N) is 5. The Bertz CT molecular complexity index is 1020. The normalized spacial score (nSPS) is 20.7. The van der Waals surface area contributed by atoms with E-state index in [0.717, 1.165) is 17.7 Å². The van der Waals surface area contributed by atoms with Gasteiger partial charge in [-0.25, -0.2) is 0 Å². The van der Waals surface area contributed by atoms with Crippen molar-refractivity contribution in [2.75, 3.05) is 19.8 Å². The fourth-order valence-electron chi connectivity index (χ4n) is 3.86. The summed E-state index contributed by atoms with van der Waals surface area (Å²) in [6.45, 7) is 4.74. The van der Waals surface area contributed by atoms with Crippen LogP contribution >= 0.6 is 0 Å². The first-order valence-corrected chi connectivity index (χ1v) is 12.9. The van der Waals surface area contributed by atoms with Gasteiger partial charge in [-0.2, -0.15) is 18.3 Å². The van der Waals surface area contributed by atoms with Crippen LogP contribution in [0, 0.1) is 5.92 Å². The summed E-state index contributed by atoms with van der Waals surface area (Å²) in [7, 11) is 0. The van der Waals surface area contributed by atoms with Gasteiger partial charge >= 0.3 is 6.18 Å². The van der Waals surface area contributed by atoms with Gasteiger partial charge in [0.1, 0.15) is 12.9 Å². The van der Waals surface area contributed by atoms with Crippen molar-refractivity contribution in [3.63, 3.8) is 0 Å². The van der Waals surface area contributed by atoms with Crippen LogP contribution in [0.25, 0.3) is 0 Å². The second-order valence-corrected chi connectivity index (χ2v) is 9.63. The van der Waals surface area contributed by atoms with Crippen LogP contribution in [0.2, 0.25) is 0 Å². The number of ether oxygens (including phenoxy) is 1. The summed E-state index contributed by atoms with van der Waals surface area (Å²) in [5.74, 6) is 0.658. The average molecular weight is 535 g/mol. The Morgan fingerprint density at radius 1 is 1.26 bits per heavy atom. The summed E-state index contributed by atoms with van der Waals surface area (Å²) < 4.78 is 41.4. The Hall–Kier alpha value is -3.05. The highest BCUT2D eigenvalue weighted by Crippen LogP contribution is 2.39. The first kappa shape index (κ1) is 29.5. The molecule has 0 aromatic carbocycles. The fraction of sp³-hybridized carbons (Fsp3) is 0.556. The second-order valence-electron chi connectivity index (χ2n) is 9.63. The van der Waals surface area contributed by atoms with Crippen molar-refractivity contribution >= 4 is 18.8 Å². The van der Waals surface area contributed by atoms with Gasteiger partial charge in [-0.15, -0.1) is 5.10 Å². The van der Waals surface area contributed by atoms with E-state index in [-0.39, 0.29) is 24.5 Å². The number of aliphatic hydroxyl groups excluding tert-OH is 1. The number of rotatable bonds is 14. The number of hydrogen-bond acceptors (Lipinski definition) is 7. The number of halogens is 3. The summed E-state index contributed by atoms with van der Waals surface area (Å²) in [5.41, 5.74) is 2.82. The Balaban J connectivity index is 1.43. The van der Waals surface area contributed by atoms with Gasteiger partial charge in [0.05, 0.1) is 18.3 Å². The highest BCUT2D eigenvalue weighted by molar-refractivity contribution is 5.64. The molecule has 38 heavy (non-hydrogen) atoms. The number of likely N-dealkylation sites (N-methyl/N-ethyl adjacent to an activating group) is 1. The maximum Gasteiger partial charge on any atom is 0.411 e. The topological polar surface area (TPSA) is 94.7 Å². The molecule has 208 valence electrons. The van der Waals surface area contributed by atoms with E-state index in [4.69, 9.17) is 4.74 Å². The molecule has 0 saturated heterocycles. The van der Waals surface area contributed by atoms with Crippen LogP contribution < -0.4 is 5.32 Å². The minimum absolute atomic E-state index is 0.0684. The van der Waals surface area contributed by atoms with Crippen molar-refractivity contribution in [3.8, 4) is 0 Å². The lowest BCUT2D eigenvalue weighted by molar-refractivity contribution is -0.176. The number of hydrogen-bond donors (Lipinski definition) is 2. The van der Waals surface area contributed by atoms with Crippen LogP contribution in [0.5, 0.6) is 0 Å². The van der Waals surface area contributed by atoms with Crippen molar-refractivity contribution in [2.24, 2.45) is 21.1 Å². The van der Waals surface area contributed by atoms with Gasteiger partial charge in [0.25, 0.3) is 0 Å². The Kier molecular flexibility index (Phi) is 11.0. The predicted molar refractivity (Wildman–Crippen MR) is 143 cm³/mol. The van der Waals surface area contributed by atoms with Crippen LogP contribution in [0.1, 0.15) is 63.1 Å². The number of alkyl halides is 3. The zero-order valence-electron chi connectivity index (χ0n) is 22.1. The van der Waals surface area contributed by atoms with Crippen LogP contribution in [0.15, 0.2) is 57.6 Å². The molecule has 2 aliphatic rings. The molecule has 3 rings (SSSR count). The van der Waals surface area contributed by atoms with Gasteiger partial charge < -0.3 is 20.1 Å². The lowest BCUT2D eigenvalue weighted by Gasteiger charge is -2.25. The smallest absolute Gasteiger partial charge is 0.370 e. The molecule has 1 saturated carbocycles. The third kappa shape index (κ3) is 10.0. The zero-order chi connectivity index (χ0) is 27.5. The van der Waals surface area contributed by atoms with Crippen molar-refractivity contribution in [1.82, 2.24) is 15.2 Å². The first-order valence-electron chi connectivity index (χ1n) is 12.9. The molecule has 1 aromatic heterocycles. The molecule has 11 heteroatoms. The van der Waals surface area contributed by atoms with Crippen LogP contribution in [-0.4, -0.2) is 72.0 Å². The highest BCUT2D eigenvalue weighted by Gasteiger charge is 2.28. The molecule has 1 fully saturated rings. The standard InChI is InChI=1S/C27H37F3N6O2/c1-4-36(20(3)16-38-17-27(28,29)30)18-35-34-14-19(2)9-11-32-26(37)25-13-22(10-12-31-25)23-7-8-24(33-15-23)21-5-6-21/h7-9,11-15,18-22,26,32,37H,4-6,10,16-17H2,1-3H3/b11-9+,34-14+,35-18-. The molecule has 0 bridgehead atoms. The summed E-state index contributed by atoms with van der Waals surface area (Å²) in [6.07, 6.45) is 10.2. The van der Waals surface area contributed by atoms with Crippen LogP contribution in [-0.2, 0) is 4.74 Å². The molecule has 0 spiro atoms. The van der Waals surface area contributed by atoms with Gasteiger partial charge in [0, 0.05) is 48.6 Å². The van der Waals surface area contributed by atoms with Crippen molar-refractivity contribution in [1.29, 1.82) is 0 Å². The SMILES string of the molecule is CCN(/C=N\N=C\C(C)/C=C/NC(O)C1=CC(c2ccc(C3CC3)nc2)CC=N1)C(C)COCC(F)(F)F. The molecule has 2 N–H and O–H groups in total. The zero-order valence-corrected chi connectivity index (χ0v) is 22.1. The molecule has 4 unspecified atom stereocenters. The molecule has 1 aliphatic heterocycles. The molecule has 0 amide bonds. The van der Waals surface area contributed by atoms with Crippen LogP contribution in [0.4, 0.5) is 13.2 Å². The Labute approximate surface area is 222 Å². The second kappa shape index (κ2) is 14.2. The van der Waals surface area contributed by atoms with E-state index in [0.29, 0.717) is 18.2 Å². The number of allylic oxidation sites excluding steroid dienone is 2. The monoisotopic (exact) mass is 534 g/mol. The summed E-state index contributed by atoms with van der Waals surface area (Å²) in [4.78, 5) is 10.7. The van der Waals surface area contributed by atoms with Gasteiger partial charge in [-0.3, -0.25) is 9.98 Å². The number of nitrogens with one attached hydrogen (secondary N) is 1. The summed E-state index contributed by atoms with van der Waals surface area (Å²) in [6, 6.07) is 3.94. The Morgan fingerprint density at radius 3 is 2.71 bits per heavy atom. The van der Waals surface area contributed by atoms with E-state index in [1.807, 2.05) is 38.4 Å². The molecular formula is C27H37F3N6O2. The number of aliphatic imine (C=N–C) groups is 1. The lowest BCUT2D eigenvalue weighted by atomic mass is 9.94. The van der Waals surface area contributed by atoms with Crippen molar-refractivity contribution in [2.45, 2.75) is 70.3 Å². The molecule has 0 radical (unpaired) electrons. The molecule has 8 nitrogen and oxygen atoms in total. The quantitative estimate of drug-likeness (QED) is 0.155. The number of aromatic nitrogens is 1. The van der Waals surface area contributed by atoms with Crippen molar-refractivity contribution < 1.29 is 23.0 Å². The number of aliphatic hydroxyl groups is 1. The molecule has 1 aliphatic carbocycles. The summed E-state index contributed by atoms with van der Waals surface area (Å²) in [5, 5.41) is 21.5. The van der Waals surface area contributed by atoms with E-state index in [9.17, 15) is 18.3 Å². The first-order chi connectivity index (χ1) is 18.2. The van der Waals surface area contributed by atoms with Crippen molar-refractivity contribution in [3.05, 3.63) is 53.6 Å². The minimum Gasteiger partial charge on any atom is -0.370 e. The van der Waals surface area contributed by atoms with E-state index in [1.54, 1.807) is 24.2 Å². The largest absolute Gasteiger partial charge is 0.411 e. The molecule has 4 atom stereocenters. The van der Waals surface area contributed by atoms with E-state index in [1.165, 1.54) is 19.2 Å². The van der Waals surface area contributed by atoms with Gasteiger partial charge in [0.15, 0.2) is 6.23 Å². The molecular weight excluding hydrogens is 497 g/mol. The van der Waals surface area contributed by atoms with Gasteiger partial charge in [-0.05, 0) is 50.9 Å². The van der Waals surface area contributed by atoms with Gasteiger partial charge in [0.2, 0.25) is 0 Å². The van der Waals surface area contributed by atoms with Crippen LogP contribution in [0.3, 0.4) is 0 Å². The maximum atomic E-state index is 12.2. The highest BCUT2D eigenvalue weighted by atomic mass is 19.4. The molecule has 2 heterocycles. The minimum atomic E-state index is -4.34.